The first kappa shape index (κ1) is 18.8. The smallest absolute Gasteiger partial charge is 0.410 e. The minimum Gasteiger partial charge on any atom is -0.441 e. The second-order valence-electron chi connectivity index (χ2n) is 9.61. The van der Waals surface area contributed by atoms with Gasteiger partial charge in [-0.2, -0.15) is 0 Å². The van der Waals surface area contributed by atoms with Crippen molar-refractivity contribution in [3.05, 3.63) is 35.9 Å². The lowest BCUT2D eigenvalue weighted by Gasteiger charge is -2.36. The largest absolute Gasteiger partial charge is 0.441 e. The Morgan fingerprint density at radius 2 is 2.21 bits per heavy atom. The molecule has 1 aromatic carbocycles. The molecule has 1 aromatic heterocycles. The van der Waals surface area contributed by atoms with E-state index in [0.717, 1.165) is 49.8 Å². The number of ether oxygens (including phenoxy) is 1. The molecular weight excluding hydrogens is 352 g/mol. The summed E-state index contributed by atoms with van der Waals surface area (Å²) in [5.74, 6) is 0.435. The number of rotatable bonds is 3. The van der Waals surface area contributed by atoms with E-state index in [1.165, 1.54) is 0 Å². The maximum atomic E-state index is 12.5. The van der Waals surface area contributed by atoms with Crippen LogP contribution in [0.2, 0.25) is 0 Å². The van der Waals surface area contributed by atoms with E-state index >= 15 is 0 Å². The molecule has 4 rings (SSSR count). The molecule has 0 bridgehead atoms. The van der Waals surface area contributed by atoms with Crippen molar-refractivity contribution in [1.82, 2.24) is 14.5 Å². The zero-order valence-electron chi connectivity index (χ0n) is 16.9. The molecule has 2 fully saturated rings. The summed E-state index contributed by atoms with van der Waals surface area (Å²) in [7, 11) is 0. The van der Waals surface area contributed by atoms with Gasteiger partial charge in [-0.1, -0.05) is 26.8 Å². The van der Waals surface area contributed by atoms with Crippen molar-refractivity contribution in [1.29, 1.82) is 0 Å². The SMILES string of the molecule is [C-]#[N+]c1ccc2ncn(C[C@H]3CCC[C@]4(C3)CN(CC(C)(C)C)C(=O)O4)c2c1. The van der Waals surface area contributed by atoms with Gasteiger partial charge in [-0.05, 0) is 49.1 Å². The fraction of sp³-hybridized carbons (Fsp3) is 0.591. The number of carbonyl (C=O) groups excluding carboxylic acids is 1. The number of fused-ring (bicyclic) bond motifs is 1. The van der Waals surface area contributed by atoms with Gasteiger partial charge in [-0.15, -0.1) is 0 Å². The number of nitrogens with zero attached hydrogens (tertiary/aromatic N) is 4. The number of carbonyl (C=O) groups is 1. The molecule has 0 N–H and O–H groups in total. The highest BCUT2D eigenvalue weighted by Gasteiger charge is 2.48. The van der Waals surface area contributed by atoms with E-state index in [9.17, 15) is 4.79 Å². The van der Waals surface area contributed by atoms with Gasteiger partial charge in [0.1, 0.15) is 5.60 Å². The molecule has 28 heavy (non-hydrogen) atoms. The topological polar surface area (TPSA) is 51.7 Å². The Bertz CT molecular complexity index is 936. The van der Waals surface area contributed by atoms with Gasteiger partial charge in [0.2, 0.25) is 0 Å². The summed E-state index contributed by atoms with van der Waals surface area (Å²) in [5, 5.41) is 0. The lowest BCUT2D eigenvalue weighted by atomic mass is 9.77. The normalized spacial score (nSPS) is 25.3. The maximum Gasteiger partial charge on any atom is 0.410 e. The van der Waals surface area contributed by atoms with Crippen LogP contribution in [0.15, 0.2) is 24.5 Å². The van der Waals surface area contributed by atoms with Crippen molar-refractivity contribution in [2.45, 2.75) is 58.6 Å². The molecule has 6 nitrogen and oxygen atoms in total. The first-order chi connectivity index (χ1) is 13.3. The Morgan fingerprint density at radius 3 is 2.96 bits per heavy atom. The lowest BCUT2D eigenvalue weighted by Crippen LogP contribution is -2.41. The maximum absolute atomic E-state index is 12.5. The molecule has 1 amide bonds. The summed E-state index contributed by atoms with van der Waals surface area (Å²) in [4.78, 5) is 22.4. The monoisotopic (exact) mass is 380 g/mol. The van der Waals surface area contributed by atoms with Gasteiger partial charge in [-0.3, -0.25) is 0 Å². The first-order valence-electron chi connectivity index (χ1n) is 10.1. The highest BCUT2D eigenvalue weighted by atomic mass is 16.6. The number of aromatic nitrogens is 2. The Morgan fingerprint density at radius 1 is 1.39 bits per heavy atom. The zero-order chi connectivity index (χ0) is 19.9. The summed E-state index contributed by atoms with van der Waals surface area (Å²) >= 11 is 0. The molecule has 0 unspecified atom stereocenters. The third-order valence-corrected chi connectivity index (χ3v) is 5.80. The van der Waals surface area contributed by atoms with Crippen molar-refractivity contribution in [2.24, 2.45) is 11.3 Å². The second-order valence-corrected chi connectivity index (χ2v) is 9.61. The second kappa shape index (κ2) is 6.80. The Balaban J connectivity index is 1.49. The molecule has 2 heterocycles. The van der Waals surface area contributed by atoms with Gasteiger partial charge in [0.15, 0.2) is 5.69 Å². The standard InChI is InChI=1S/C22H28N4O2/c1-21(2,3)13-26-14-22(28-20(26)27)9-5-6-16(11-22)12-25-15-24-18-8-7-17(23-4)10-19(18)25/h7-8,10,15-16H,5-6,9,11-14H2,1-3H3/t16-,22-/m0/s1. The number of imidazole rings is 1. The number of hydrogen-bond acceptors (Lipinski definition) is 3. The summed E-state index contributed by atoms with van der Waals surface area (Å²) in [6, 6.07) is 5.63. The van der Waals surface area contributed by atoms with Crippen LogP contribution in [0.25, 0.3) is 15.9 Å². The quantitative estimate of drug-likeness (QED) is 0.703. The molecule has 2 aliphatic rings. The lowest BCUT2D eigenvalue weighted by molar-refractivity contribution is 0.00413. The third kappa shape index (κ3) is 3.71. The average Bonchev–Trinajstić information content (AvgIpc) is 3.14. The van der Waals surface area contributed by atoms with Crippen molar-refractivity contribution >= 4 is 22.8 Å². The van der Waals surface area contributed by atoms with Crippen LogP contribution < -0.4 is 0 Å². The van der Waals surface area contributed by atoms with Gasteiger partial charge < -0.3 is 14.2 Å². The van der Waals surface area contributed by atoms with E-state index < -0.39 is 0 Å². The zero-order valence-corrected chi connectivity index (χ0v) is 16.9. The molecular formula is C22H28N4O2. The molecule has 1 aliphatic carbocycles. The molecule has 1 aliphatic heterocycles. The predicted molar refractivity (Wildman–Crippen MR) is 108 cm³/mol. The number of benzene rings is 1. The van der Waals surface area contributed by atoms with Crippen LogP contribution in [0.4, 0.5) is 10.5 Å². The summed E-state index contributed by atoms with van der Waals surface area (Å²) < 4.78 is 8.09. The van der Waals surface area contributed by atoms with Gasteiger partial charge in [0, 0.05) is 13.1 Å². The van der Waals surface area contributed by atoms with Crippen LogP contribution in [0.1, 0.15) is 46.5 Å². The molecule has 148 valence electrons. The minimum atomic E-state index is -0.344. The van der Waals surface area contributed by atoms with E-state index in [0.29, 0.717) is 18.2 Å². The fourth-order valence-corrected chi connectivity index (χ4v) is 4.76. The van der Waals surface area contributed by atoms with E-state index in [1.807, 2.05) is 29.4 Å². The van der Waals surface area contributed by atoms with E-state index in [-0.39, 0.29) is 17.1 Å². The van der Waals surface area contributed by atoms with Crippen LogP contribution in [0, 0.1) is 17.9 Å². The highest BCUT2D eigenvalue weighted by Crippen LogP contribution is 2.41. The molecule has 2 atom stereocenters. The molecule has 1 saturated carbocycles. The van der Waals surface area contributed by atoms with Crippen LogP contribution in [-0.2, 0) is 11.3 Å². The van der Waals surface area contributed by atoms with Crippen molar-refractivity contribution in [3.8, 4) is 0 Å². The number of amides is 1. The van der Waals surface area contributed by atoms with Gasteiger partial charge in [0.25, 0.3) is 0 Å². The van der Waals surface area contributed by atoms with Gasteiger partial charge in [0.05, 0.1) is 30.5 Å². The van der Waals surface area contributed by atoms with Crippen molar-refractivity contribution < 1.29 is 9.53 Å². The van der Waals surface area contributed by atoms with Crippen LogP contribution in [0.5, 0.6) is 0 Å². The molecule has 6 heteroatoms. The van der Waals surface area contributed by atoms with Crippen LogP contribution in [0.3, 0.4) is 0 Å². The molecule has 0 radical (unpaired) electrons. The highest BCUT2D eigenvalue weighted by molar-refractivity contribution is 5.79. The summed E-state index contributed by atoms with van der Waals surface area (Å²) in [6.07, 6.45) is 5.74. The Hall–Kier alpha value is -2.55. The van der Waals surface area contributed by atoms with Crippen molar-refractivity contribution in [2.75, 3.05) is 13.1 Å². The number of hydrogen-bond donors (Lipinski definition) is 0. The van der Waals surface area contributed by atoms with E-state index in [1.54, 1.807) is 0 Å². The molecule has 1 spiro atoms. The minimum absolute atomic E-state index is 0.0644. The van der Waals surface area contributed by atoms with E-state index in [4.69, 9.17) is 11.3 Å². The van der Waals surface area contributed by atoms with Crippen molar-refractivity contribution in [3.63, 3.8) is 0 Å². The van der Waals surface area contributed by atoms with E-state index in [2.05, 4.69) is 35.2 Å². The molecule has 1 saturated heterocycles. The first-order valence-corrected chi connectivity index (χ1v) is 10.1. The van der Waals surface area contributed by atoms with Gasteiger partial charge >= 0.3 is 6.09 Å². The Labute approximate surface area is 166 Å². The third-order valence-electron chi connectivity index (χ3n) is 5.80. The predicted octanol–water partition coefficient (Wildman–Crippen LogP) is 5.01. The summed E-state index contributed by atoms with van der Waals surface area (Å²) in [6.45, 7) is 16.0. The van der Waals surface area contributed by atoms with Gasteiger partial charge in [-0.25, -0.2) is 14.6 Å². The fourth-order valence-electron chi connectivity index (χ4n) is 4.76. The molecule has 2 aromatic rings. The van der Waals surface area contributed by atoms with Crippen LogP contribution in [-0.4, -0.2) is 39.2 Å². The average molecular weight is 380 g/mol. The summed E-state index contributed by atoms with van der Waals surface area (Å²) in [5.41, 5.74) is 2.28. The Kier molecular flexibility index (Phi) is 4.57. The van der Waals surface area contributed by atoms with Crippen LogP contribution >= 0.6 is 0 Å².